The molecule has 8 heteroatoms. The number of carbonyl (C=O) groups is 1. The van der Waals surface area contributed by atoms with Crippen molar-refractivity contribution in [3.05, 3.63) is 60.6 Å². The molecule has 2 aliphatic heterocycles. The van der Waals surface area contributed by atoms with Gasteiger partial charge in [0.05, 0.1) is 17.3 Å². The fraction of sp³-hybridized carbons (Fsp3) is 0.238. The molecule has 1 amide bonds. The Morgan fingerprint density at radius 3 is 2.97 bits per heavy atom. The molecule has 29 heavy (non-hydrogen) atoms. The zero-order valence-electron chi connectivity index (χ0n) is 15.2. The summed E-state index contributed by atoms with van der Waals surface area (Å²) in [5.74, 6) is 0.700. The second kappa shape index (κ2) is 5.84. The Kier molecular flexibility index (Phi) is 3.35. The van der Waals surface area contributed by atoms with Gasteiger partial charge >= 0.3 is 0 Å². The first-order chi connectivity index (χ1) is 14.2. The van der Waals surface area contributed by atoms with Crippen LogP contribution < -0.4 is 5.32 Å². The highest BCUT2D eigenvalue weighted by molar-refractivity contribution is 7.99. The van der Waals surface area contributed by atoms with Gasteiger partial charge in [-0.25, -0.2) is 0 Å². The van der Waals surface area contributed by atoms with Crippen LogP contribution >= 0.6 is 11.8 Å². The number of H-pyrrole nitrogens is 1. The first kappa shape index (κ1) is 16.6. The third kappa shape index (κ3) is 2.34. The van der Waals surface area contributed by atoms with Crippen LogP contribution in [0.15, 0.2) is 64.6 Å². The maximum absolute atomic E-state index is 12.8. The summed E-state index contributed by atoms with van der Waals surface area (Å²) in [6, 6.07) is 14.0. The van der Waals surface area contributed by atoms with E-state index >= 15 is 0 Å². The van der Waals surface area contributed by atoms with Gasteiger partial charge in [0.25, 0.3) is 5.91 Å². The van der Waals surface area contributed by atoms with Crippen molar-refractivity contribution in [1.29, 1.82) is 5.26 Å². The van der Waals surface area contributed by atoms with Crippen molar-refractivity contribution in [1.82, 2.24) is 25.4 Å². The van der Waals surface area contributed by atoms with Crippen LogP contribution in [0.25, 0.3) is 11.3 Å². The Morgan fingerprint density at radius 2 is 2.21 bits per heavy atom. The number of nitrogens with one attached hydrogen (secondary N) is 2. The lowest BCUT2D eigenvalue weighted by Gasteiger charge is -2.10. The van der Waals surface area contributed by atoms with Gasteiger partial charge < -0.3 is 10.2 Å². The summed E-state index contributed by atoms with van der Waals surface area (Å²) in [5, 5.41) is 19.5. The molecule has 4 aliphatic rings. The van der Waals surface area contributed by atoms with Crippen LogP contribution in [0.4, 0.5) is 0 Å². The van der Waals surface area contributed by atoms with Gasteiger partial charge in [-0.2, -0.15) is 10.4 Å². The summed E-state index contributed by atoms with van der Waals surface area (Å²) in [5.41, 5.74) is 1.81. The molecule has 4 fully saturated rings. The van der Waals surface area contributed by atoms with E-state index in [0.717, 1.165) is 21.9 Å². The summed E-state index contributed by atoms with van der Waals surface area (Å²) in [7, 11) is 0. The van der Waals surface area contributed by atoms with Crippen molar-refractivity contribution >= 4 is 17.7 Å². The van der Waals surface area contributed by atoms with Crippen molar-refractivity contribution in [3.63, 3.8) is 0 Å². The molecule has 2 bridgehead atoms. The number of piperidine rings is 1. The summed E-state index contributed by atoms with van der Waals surface area (Å²) >= 11 is 1.63. The molecule has 2 N–H and O–H groups in total. The molecule has 7 nitrogen and oxygen atoms in total. The maximum atomic E-state index is 12.8. The Hall–Kier alpha value is -3.31. The number of nitrogens with zero attached hydrogens (tertiary/aromatic N) is 4. The average Bonchev–Trinajstić information content (AvgIpc) is 3.28. The molecule has 3 unspecified atom stereocenters. The van der Waals surface area contributed by atoms with Crippen LogP contribution in [0, 0.1) is 23.3 Å². The molecule has 3 aromatic rings. The smallest absolute Gasteiger partial charge is 0.269 e. The maximum Gasteiger partial charge on any atom is 0.269 e. The molecular formula is C21H16N6OS. The van der Waals surface area contributed by atoms with Gasteiger partial charge in [0.15, 0.2) is 6.19 Å². The summed E-state index contributed by atoms with van der Waals surface area (Å²) in [4.78, 5) is 20.9. The van der Waals surface area contributed by atoms with Gasteiger partial charge in [0, 0.05) is 46.1 Å². The largest absolute Gasteiger partial charge is 0.342 e. The van der Waals surface area contributed by atoms with E-state index in [9.17, 15) is 4.79 Å². The summed E-state index contributed by atoms with van der Waals surface area (Å²) < 4.78 is 0. The van der Waals surface area contributed by atoms with Crippen molar-refractivity contribution in [3.8, 4) is 17.5 Å². The number of fused-ring (bicyclic) bond motifs is 1. The number of amides is 1. The lowest BCUT2D eigenvalue weighted by molar-refractivity contribution is 0.0932. The van der Waals surface area contributed by atoms with E-state index in [1.165, 1.54) is 0 Å². The predicted octanol–water partition coefficient (Wildman–Crippen LogP) is 2.52. The third-order valence-corrected chi connectivity index (χ3v) is 7.33. The zero-order chi connectivity index (χ0) is 19.6. The van der Waals surface area contributed by atoms with Crippen LogP contribution in [-0.2, 0) is 0 Å². The van der Waals surface area contributed by atoms with Crippen molar-refractivity contribution in [2.24, 2.45) is 11.8 Å². The van der Waals surface area contributed by atoms with Gasteiger partial charge in [0.2, 0.25) is 0 Å². The minimum Gasteiger partial charge on any atom is -0.342 e. The fourth-order valence-electron chi connectivity index (χ4n) is 4.76. The normalized spacial score (nSPS) is 27.8. The number of hydrogen-bond donors (Lipinski definition) is 2. The molecular weight excluding hydrogens is 384 g/mol. The minimum absolute atomic E-state index is 0.167. The number of carbonyl (C=O) groups excluding carboxylic acids is 1. The molecule has 2 saturated heterocycles. The number of aromatic nitrogens is 3. The van der Waals surface area contributed by atoms with Crippen LogP contribution in [0.3, 0.4) is 0 Å². The predicted molar refractivity (Wildman–Crippen MR) is 106 cm³/mol. The molecule has 1 aromatic carbocycles. The molecule has 2 aliphatic carbocycles. The highest BCUT2D eigenvalue weighted by Crippen LogP contribution is 2.78. The molecule has 4 heterocycles. The van der Waals surface area contributed by atoms with Gasteiger partial charge in [-0.05, 0) is 24.3 Å². The van der Waals surface area contributed by atoms with E-state index in [4.69, 9.17) is 5.26 Å². The number of pyridine rings is 1. The van der Waals surface area contributed by atoms with Crippen molar-refractivity contribution in [2.45, 2.75) is 21.4 Å². The van der Waals surface area contributed by atoms with Gasteiger partial charge in [0.1, 0.15) is 5.69 Å². The number of benzene rings is 1. The number of nitriles is 1. The SMILES string of the molecule is N#CN1CC2C3C1[C@]23NC(=O)c1cc(-c2cnccc2Sc2ccccc2)n[nH]1. The average molecular weight is 400 g/mol. The van der Waals surface area contributed by atoms with Crippen LogP contribution in [0.5, 0.6) is 0 Å². The van der Waals surface area contributed by atoms with Crippen LogP contribution in [0.1, 0.15) is 10.5 Å². The summed E-state index contributed by atoms with van der Waals surface area (Å²) in [6.45, 7) is 0.760. The summed E-state index contributed by atoms with van der Waals surface area (Å²) in [6.07, 6.45) is 5.74. The van der Waals surface area contributed by atoms with E-state index in [-0.39, 0.29) is 17.5 Å². The lowest BCUT2D eigenvalue weighted by atomic mass is 10.1. The van der Waals surface area contributed by atoms with E-state index in [0.29, 0.717) is 23.2 Å². The monoisotopic (exact) mass is 400 g/mol. The highest BCUT2D eigenvalue weighted by Gasteiger charge is 2.93. The van der Waals surface area contributed by atoms with Gasteiger partial charge in [-0.15, -0.1) is 0 Å². The Labute approximate surface area is 171 Å². The zero-order valence-corrected chi connectivity index (χ0v) is 16.1. The molecule has 2 saturated carbocycles. The Morgan fingerprint density at radius 1 is 1.34 bits per heavy atom. The standard InChI is InChI=1S/C21H16N6OS/c22-11-27-10-14-18-19(27)21(14,18)24-20(28)16-8-15(25-26-16)13-9-23-7-6-17(13)29-12-4-2-1-3-5-12/h1-9,14,18-19H,10H2,(H,24,28)(H,25,26)/t14?,18?,19?,21-/m0/s1. The topological polar surface area (TPSA) is 97.7 Å². The van der Waals surface area contributed by atoms with E-state index in [2.05, 4.69) is 38.8 Å². The molecule has 142 valence electrons. The number of rotatable bonds is 5. The molecule has 4 atom stereocenters. The van der Waals surface area contributed by atoms with Crippen LogP contribution in [0.2, 0.25) is 0 Å². The number of hydrogen-bond acceptors (Lipinski definition) is 6. The molecule has 0 radical (unpaired) electrons. The van der Waals surface area contributed by atoms with Gasteiger partial charge in [-0.3, -0.25) is 14.9 Å². The Balaban J connectivity index is 1.22. The van der Waals surface area contributed by atoms with Crippen molar-refractivity contribution < 1.29 is 4.79 Å². The fourth-order valence-corrected chi connectivity index (χ4v) is 5.70. The van der Waals surface area contributed by atoms with Crippen molar-refractivity contribution in [2.75, 3.05) is 6.54 Å². The van der Waals surface area contributed by atoms with Crippen LogP contribution in [-0.4, -0.2) is 44.1 Å². The van der Waals surface area contributed by atoms with E-state index in [1.807, 2.05) is 24.3 Å². The van der Waals surface area contributed by atoms with E-state index in [1.54, 1.807) is 35.1 Å². The molecule has 7 rings (SSSR count). The molecule has 2 aromatic heterocycles. The second-order valence-corrected chi connectivity index (χ2v) is 8.79. The Bertz CT molecular complexity index is 1170. The van der Waals surface area contributed by atoms with E-state index < -0.39 is 0 Å². The molecule has 0 spiro atoms. The third-order valence-electron chi connectivity index (χ3n) is 6.25. The first-order valence-electron chi connectivity index (χ1n) is 9.44. The van der Waals surface area contributed by atoms with Gasteiger partial charge in [-0.1, -0.05) is 30.0 Å². The first-order valence-corrected chi connectivity index (χ1v) is 10.3. The highest BCUT2D eigenvalue weighted by atomic mass is 32.2. The lowest BCUT2D eigenvalue weighted by Crippen LogP contribution is -2.37. The quantitative estimate of drug-likeness (QED) is 0.639. The minimum atomic E-state index is -0.180. The second-order valence-electron chi connectivity index (χ2n) is 7.67. The number of aromatic amines is 1.